The van der Waals surface area contributed by atoms with Crippen LogP contribution in [-0.2, 0) is 9.59 Å². The van der Waals surface area contributed by atoms with E-state index in [1.807, 2.05) is 0 Å². The molecule has 3 fully saturated rings. The van der Waals surface area contributed by atoms with Gasteiger partial charge in [-0.2, -0.15) is 0 Å². The number of urea groups is 1. The molecule has 3 rings (SSSR count). The maximum Gasteiger partial charge on any atom is 0.325 e. The molecule has 23 heavy (non-hydrogen) atoms. The Bertz CT molecular complexity index is 493. The Balaban J connectivity index is 0.00000192. The van der Waals surface area contributed by atoms with Gasteiger partial charge in [0.05, 0.1) is 0 Å². The van der Waals surface area contributed by atoms with E-state index >= 15 is 0 Å². The van der Waals surface area contributed by atoms with Crippen molar-refractivity contribution in [2.75, 3.05) is 19.6 Å². The molecule has 7 nitrogen and oxygen atoms in total. The molecule has 8 heteroatoms. The van der Waals surface area contributed by atoms with E-state index in [1.54, 1.807) is 4.90 Å². The van der Waals surface area contributed by atoms with Crippen LogP contribution in [0.5, 0.6) is 0 Å². The van der Waals surface area contributed by atoms with Gasteiger partial charge in [0.25, 0.3) is 5.91 Å². The lowest BCUT2D eigenvalue weighted by Crippen LogP contribution is -2.47. The van der Waals surface area contributed by atoms with Crippen LogP contribution in [-0.4, -0.2) is 58.9 Å². The summed E-state index contributed by atoms with van der Waals surface area (Å²) >= 11 is 0. The summed E-state index contributed by atoms with van der Waals surface area (Å²) in [5.74, 6) is -0.179. The maximum absolute atomic E-state index is 12.5. The minimum absolute atomic E-state index is 0. The zero-order valence-electron chi connectivity index (χ0n) is 13.3. The van der Waals surface area contributed by atoms with Gasteiger partial charge in [-0.3, -0.25) is 14.5 Å². The van der Waals surface area contributed by atoms with E-state index in [2.05, 4.69) is 5.32 Å². The van der Waals surface area contributed by atoms with E-state index < -0.39 is 5.54 Å². The summed E-state index contributed by atoms with van der Waals surface area (Å²) in [7, 11) is 0. The first kappa shape index (κ1) is 18.0. The van der Waals surface area contributed by atoms with Gasteiger partial charge in [0.15, 0.2) is 0 Å². The first-order chi connectivity index (χ1) is 10.5. The van der Waals surface area contributed by atoms with Crippen molar-refractivity contribution in [3.63, 3.8) is 0 Å². The Hall–Kier alpha value is -1.34. The molecule has 130 valence electrons. The number of hydrogen-bond donors (Lipinski definition) is 2. The van der Waals surface area contributed by atoms with Crippen LogP contribution in [0.25, 0.3) is 0 Å². The normalized spacial score (nSPS) is 26.4. The molecule has 3 aliphatic rings. The highest BCUT2D eigenvalue weighted by molar-refractivity contribution is 6.07. The fourth-order valence-electron chi connectivity index (χ4n) is 3.80. The minimum atomic E-state index is -0.687. The van der Waals surface area contributed by atoms with Crippen molar-refractivity contribution in [3.05, 3.63) is 0 Å². The lowest BCUT2D eigenvalue weighted by atomic mass is 9.98. The Morgan fingerprint density at radius 1 is 1.26 bits per heavy atom. The lowest BCUT2D eigenvalue weighted by Gasteiger charge is -2.31. The van der Waals surface area contributed by atoms with Crippen molar-refractivity contribution in [2.45, 2.75) is 56.5 Å². The summed E-state index contributed by atoms with van der Waals surface area (Å²) in [6.45, 7) is 1.45. The van der Waals surface area contributed by atoms with Crippen molar-refractivity contribution in [1.82, 2.24) is 15.1 Å². The zero-order valence-corrected chi connectivity index (χ0v) is 14.1. The summed E-state index contributed by atoms with van der Waals surface area (Å²) in [4.78, 5) is 39.7. The highest BCUT2D eigenvalue weighted by Gasteiger charge is 2.52. The first-order valence-corrected chi connectivity index (χ1v) is 8.19. The SMILES string of the molecule is Cl.NC1CCCN(C(=O)CCN2C(=O)NC3(CCCC3)C2=O)C1. The molecule has 0 radical (unpaired) electrons. The van der Waals surface area contributed by atoms with Gasteiger partial charge in [0.1, 0.15) is 5.54 Å². The molecular formula is C15H25ClN4O3. The average Bonchev–Trinajstić information content (AvgIpc) is 3.04. The number of carbonyl (C=O) groups is 3. The molecule has 1 aliphatic carbocycles. The highest BCUT2D eigenvalue weighted by Crippen LogP contribution is 2.35. The number of nitrogens with zero attached hydrogens (tertiary/aromatic N) is 2. The first-order valence-electron chi connectivity index (χ1n) is 8.19. The number of nitrogens with one attached hydrogen (secondary N) is 1. The molecule has 4 amide bonds. The van der Waals surface area contributed by atoms with Crippen molar-refractivity contribution >= 4 is 30.3 Å². The molecule has 0 aromatic rings. The summed E-state index contributed by atoms with van der Waals surface area (Å²) in [6, 6.07) is -0.314. The van der Waals surface area contributed by atoms with Crippen LogP contribution >= 0.6 is 12.4 Å². The number of carbonyl (C=O) groups excluding carboxylic acids is 3. The topological polar surface area (TPSA) is 95.7 Å². The third-order valence-electron chi connectivity index (χ3n) is 5.06. The number of likely N-dealkylation sites (tertiary alicyclic amines) is 1. The summed E-state index contributed by atoms with van der Waals surface area (Å²) < 4.78 is 0. The number of piperidine rings is 1. The Morgan fingerprint density at radius 3 is 2.61 bits per heavy atom. The van der Waals surface area contributed by atoms with Crippen molar-refractivity contribution in [1.29, 1.82) is 0 Å². The Morgan fingerprint density at radius 2 is 1.96 bits per heavy atom. The molecule has 1 atom stereocenters. The number of nitrogens with two attached hydrogens (primary N) is 1. The monoisotopic (exact) mass is 344 g/mol. The van der Waals surface area contributed by atoms with Gasteiger partial charge in [0.2, 0.25) is 5.91 Å². The molecule has 0 bridgehead atoms. The molecule has 1 saturated carbocycles. The molecule has 1 unspecified atom stereocenters. The summed E-state index contributed by atoms with van der Waals surface area (Å²) in [5, 5.41) is 2.83. The van der Waals surface area contributed by atoms with E-state index in [-0.39, 0.29) is 49.3 Å². The summed E-state index contributed by atoms with van der Waals surface area (Å²) in [5.41, 5.74) is 5.19. The Kier molecular flexibility index (Phi) is 5.52. The largest absolute Gasteiger partial charge is 0.341 e. The third kappa shape index (κ3) is 3.45. The average molecular weight is 345 g/mol. The molecule has 2 heterocycles. The molecule has 0 aromatic carbocycles. The second kappa shape index (κ2) is 7.05. The number of amides is 4. The van der Waals surface area contributed by atoms with Gasteiger partial charge in [-0.1, -0.05) is 12.8 Å². The van der Waals surface area contributed by atoms with Gasteiger partial charge >= 0.3 is 6.03 Å². The standard InChI is InChI=1S/C15H24N4O3.ClH/c16-11-4-3-8-18(10-11)12(20)5-9-19-13(21)15(17-14(19)22)6-1-2-7-15;/h11H,1-10,16H2,(H,17,22);1H. The van der Waals surface area contributed by atoms with Crippen LogP contribution < -0.4 is 11.1 Å². The highest BCUT2D eigenvalue weighted by atomic mass is 35.5. The number of halogens is 1. The fraction of sp³-hybridized carbons (Fsp3) is 0.800. The van der Waals surface area contributed by atoms with Crippen molar-refractivity contribution in [3.8, 4) is 0 Å². The van der Waals surface area contributed by atoms with Crippen molar-refractivity contribution < 1.29 is 14.4 Å². The number of rotatable bonds is 3. The predicted octanol–water partition coefficient (Wildman–Crippen LogP) is 0.613. The van der Waals surface area contributed by atoms with Gasteiger partial charge in [0, 0.05) is 32.1 Å². The predicted molar refractivity (Wildman–Crippen MR) is 87.1 cm³/mol. The van der Waals surface area contributed by atoms with Crippen LogP contribution in [0.3, 0.4) is 0 Å². The second-order valence-electron chi connectivity index (χ2n) is 6.67. The minimum Gasteiger partial charge on any atom is -0.341 e. The van der Waals surface area contributed by atoms with Crippen LogP contribution in [0.4, 0.5) is 4.79 Å². The maximum atomic E-state index is 12.5. The van der Waals surface area contributed by atoms with E-state index in [0.29, 0.717) is 19.4 Å². The fourth-order valence-corrected chi connectivity index (χ4v) is 3.80. The van der Waals surface area contributed by atoms with Gasteiger partial charge in [-0.15, -0.1) is 12.4 Å². The van der Waals surface area contributed by atoms with Gasteiger partial charge in [-0.25, -0.2) is 4.79 Å². The van der Waals surface area contributed by atoms with E-state index in [1.165, 1.54) is 4.90 Å². The van der Waals surface area contributed by atoms with Gasteiger partial charge < -0.3 is 16.0 Å². The van der Waals surface area contributed by atoms with Gasteiger partial charge in [-0.05, 0) is 25.7 Å². The summed E-state index contributed by atoms with van der Waals surface area (Å²) in [6.07, 6.45) is 5.39. The Labute approximate surface area is 142 Å². The molecule has 2 aliphatic heterocycles. The van der Waals surface area contributed by atoms with Crippen LogP contribution in [0.15, 0.2) is 0 Å². The quantitative estimate of drug-likeness (QED) is 0.733. The molecular weight excluding hydrogens is 320 g/mol. The third-order valence-corrected chi connectivity index (χ3v) is 5.06. The van der Waals surface area contributed by atoms with Crippen LogP contribution in [0.2, 0.25) is 0 Å². The molecule has 0 aromatic heterocycles. The second-order valence-corrected chi connectivity index (χ2v) is 6.67. The number of hydrogen-bond acceptors (Lipinski definition) is 4. The van der Waals surface area contributed by atoms with Crippen LogP contribution in [0.1, 0.15) is 44.9 Å². The van der Waals surface area contributed by atoms with Crippen LogP contribution in [0, 0.1) is 0 Å². The van der Waals surface area contributed by atoms with E-state index in [4.69, 9.17) is 5.73 Å². The molecule has 2 saturated heterocycles. The zero-order chi connectivity index (χ0) is 15.7. The molecule has 1 spiro atoms. The molecule has 3 N–H and O–H groups in total. The smallest absolute Gasteiger partial charge is 0.325 e. The van der Waals surface area contributed by atoms with Crippen molar-refractivity contribution in [2.24, 2.45) is 5.73 Å². The van der Waals surface area contributed by atoms with E-state index in [0.717, 1.165) is 32.2 Å². The number of imide groups is 1. The lowest BCUT2D eigenvalue weighted by molar-refractivity contribution is -0.134. The van der Waals surface area contributed by atoms with E-state index in [9.17, 15) is 14.4 Å².